The zero-order valence-electron chi connectivity index (χ0n) is 47.0. The van der Waals surface area contributed by atoms with E-state index in [1.54, 1.807) is 0 Å². The number of esters is 3. The summed E-state index contributed by atoms with van der Waals surface area (Å²) in [6.07, 6.45) is 76.1. The Bertz CT molecular complexity index is 1320. The van der Waals surface area contributed by atoms with Crippen molar-refractivity contribution in [3.63, 3.8) is 0 Å². The smallest absolute Gasteiger partial charge is 0.306 e. The Kier molecular flexibility index (Phi) is 56.8. The van der Waals surface area contributed by atoms with Gasteiger partial charge in [-0.15, -0.1) is 0 Å². The second kappa shape index (κ2) is 59.4. The van der Waals surface area contributed by atoms with Crippen LogP contribution in [0.25, 0.3) is 0 Å². The number of hydrogen-bond acceptors (Lipinski definition) is 6. The Hall–Kier alpha value is -3.15. The molecular formula is C65H114O6. The molecule has 0 aromatic heterocycles. The lowest BCUT2D eigenvalue weighted by Crippen LogP contribution is -2.30. The van der Waals surface area contributed by atoms with Gasteiger partial charge in [0.15, 0.2) is 6.10 Å². The third kappa shape index (κ3) is 57.6. The minimum Gasteiger partial charge on any atom is -0.462 e. The molecule has 71 heavy (non-hydrogen) atoms. The normalized spacial score (nSPS) is 12.5. The van der Waals surface area contributed by atoms with E-state index in [4.69, 9.17) is 14.2 Å². The zero-order valence-corrected chi connectivity index (χ0v) is 47.0. The van der Waals surface area contributed by atoms with Gasteiger partial charge in [-0.3, -0.25) is 14.4 Å². The largest absolute Gasteiger partial charge is 0.462 e. The lowest BCUT2D eigenvalue weighted by atomic mass is 10.0. The summed E-state index contributed by atoms with van der Waals surface area (Å²) in [7, 11) is 0. The van der Waals surface area contributed by atoms with E-state index >= 15 is 0 Å². The van der Waals surface area contributed by atoms with Crippen molar-refractivity contribution in [2.45, 2.75) is 309 Å². The Morgan fingerprint density at radius 3 is 0.887 bits per heavy atom. The van der Waals surface area contributed by atoms with Crippen molar-refractivity contribution >= 4 is 17.9 Å². The molecule has 1 atom stereocenters. The van der Waals surface area contributed by atoms with Gasteiger partial charge in [0.2, 0.25) is 0 Å². The van der Waals surface area contributed by atoms with Crippen molar-refractivity contribution < 1.29 is 28.6 Å². The molecule has 0 aliphatic rings. The summed E-state index contributed by atoms with van der Waals surface area (Å²) in [6.45, 7) is 6.51. The Labute approximate surface area is 440 Å². The molecule has 0 radical (unpaired) electrons. The summed E-state index contributed by atoms with van der Waals surface area (Å²) in [5.41, 5.74) is 0. The summed E-state index contributed by atoms with van der Waals surface area (Å²) in [4.78, 5) is 38.3. The zero-order chi connectivity index (χ0) is 51.4. The summed E-state index contributed by atoms with van der Waals surface area (Å²) in [6, 6.07) is 0. The van der Waals surface area contributed by atoms with Crippen LogP contribution in [0.15, 0.2) is 72.9 Å². The maximum Gasteiger partial charge on any atom is 0.306 e. The van der Waals surface area contributed by atoms with Crippen molar-refractivity contribution in [2.24, 2.45) is 0 Å². The third-order valence-corrected chi connectivity index (χ3v) is 13.2. The molecule has 410 valence electrons. The fourth-order valence-electron chi connectivity index (χ4n) is 8.64. The van der Waals surface area contributed by atoms with Gasteiger partial charge >= 0.3 is 17.9 Å². The summed E-state index contributed by atoms with van der Waals surface area (Å²) < 4.78 is 16.9. The predicted octanol–water partition coefficient (Wildman–Crippen LogP) is 20.5. The van der Waals surface area contributed by atoms with E-state index in [1.165, 1.54) is 161 Å². The van der Waals surface area contributed by atoms with Gasteiger partial charge in [-0.25, -0.2) is 0 Å². The van der Waals surface area contributed by atoms with Crippen LogP contribution in [-0.2, 0) is 28.6 Å². The first-order valence-corrected chi connectivity index (χ1v) is 30.4. The van der Waals surface area contributed by atoms with E-state index in [0.717, 1.165) is 103 Å². The number of carbonyl (C=O) groups excluding carboxylic acids is 3. The summed E-state index contributed by atoms with van der Waals surface area (Å²) in [5.74, 6) is -0.897. The highest BCUT2D eigenvalue weighted by Gasteiger charge is 2.19. The van der Waals surface area contributed by atoms with Crippen molar-refractivity contribution in [3.05, 3.63) is 72.9 Å². The molecule has 0 aliphatic carbocycles. The lowest BCUT2D eigenvalue weighted by Gasteiger charge is -2.18. The SMILES string of the molecule is CC/C=C\C/C=C\C/C=C\C/C=C\CCCCCCC(=O)OC[C@H](COC(=O)CCCCCCCCCCC/C=C\C/C=C\CCCCC)OC(=O)CCCCCCCCCCCCCCCCCCC. The Morgan fingerprint density at radius 1 is 0.296 bits per heavy atom. The van der Waals surface area contributed by atoms with Crippen LogP contribution < -0.4 is 0 Å². The fraction of sp³-hybridized carbons (Fsp3) is 0.769. The number of ether oxygens (including phenoxy) is 3. The van der Waals surface area contributed by atoms with Gasteiger partial charge in [-0.1, -0.05) is 267 Å². The molecule has 6 nitrogen and oxygen atoms in total. The molecule has 0 heterocycles. The van der Waals surface area contributed by atoms with Crippen molar-refractivity contribution in [1.29, 1.82) is 0 Å². The summed E-state index contributed by atoms with van der Waals surface area (Å²) >= 11 is 0. The average Bonchev–Trinajstić information content (AvgIpc) is 3.37. The van der Waals surface area contributed by atoms with Gasteiger partial charge in [0, 0.05) is 19.3 Å². The molecule has 0 saturated carbocycles. The highest BCUT2D eigenvalue weighted by atomic mass is 16.6. The minimum atomic E-state index is -0.787. The molecule has 0 aromatic carbocycles. The average molecular weight is 992 g/mol. The first-order valence-electron chi connectivity index (χ1n) is 30.4. The summed E-state index contributed by atoms with van der Waals surface area (Å²) in [5, 5.41) is 0. The number of unbranched alkanes of at least 4 members (excludes halogenated alkanes) is 32. The van der Waals surface area contributed by atoms with E-state index in [1.807, 2.05) is 0 Å². The van der Waals surface area contributed by atoms with Crippen molar-refractivity contribution in [1.82, 2.24) is 0 Å². The van der Waals surface area contributed by atoms with Gasteiger partial charge in [-0.2, -0.15) is 0 Å². The van der Waals surface area contributed by atoms with Crippen LogP contribution in [0.1, 0.15) is 303 Å². The third-order valence-electron chi connectivity index (χ3n) is 13.2. The molecule has 0 rings (SSSR count). The molecular weight excluding hydrogens is 877 g/mol. The molecule has 0 fully saturated rings. The second-order valence-electron chi connectivity index (χ2n) is 20.2. The molecule has 0 aromatic rings. The highest BCUT2D eigenvalue weighted by molar-refractivity contribution is 5.71. The highest BCUT2D eigenvalue weighted by Crippen LogP contribution is 2.16. The predicted molar refractivity (Wildman–Crippen MR) is 307 cm³/mol. The van der Waals surface area contributed by atoms with Crippen LogP contribution in [0.2, 0.25) is 0 Å². The van der Waals surface area contributed by atoms with Crippen LogP contribution in [0.5, 0.6) is 0 Å². The van der Waals surface area contributed by atoms with Crippen molar-refractivity contribution in [2.75, 3.05) is 13.2 Å². The first-order chi connectivity index (χ1) is 35.0. The van der Waals surface area contributed by atoms with E-state index in [9.17, 15) is 14.4 Å². The van der Waals surface area contributed by atoms with Gasteiger partial charge in [-0.05, 0) is 89.9 Å². The minimum absolute atomic E-state index is 0.0832. The van der Waals surface area contributed by atoms with E-state index < -0.39 is 6.10 Å². The first kappa shape index (κ1) is 67.8. The molecule has 0 saturated heterocycles. The monoisotopic (exact) mass is 991 g/mol. The van der Waals surface area contributed by atoms with Crippen molar-refractivity contribution in [3.8, 4) is 0 Å². The molecule has 0 aliphatic heterocycles. The van der Waals surface area contributed by atoms with Crippen LogP contribution in [-0.4, -0.2) is 37.2 Å². The number of carbonyl (C=O) groups is 3. The molecule has 0 amide bonds. The Morgan fingerprint density at radius 2 is 0.549 bits per heavy atom. The quantitative estimate of drug-likeness (QED) is 0.0261. The number of rotatable bonds is 55. The van der Waals surface area contributed by atoms with Gasteiger partial charge < -0.3 is 14.2 Å². The van der Waals surface area contributed by atoms with Crippen LogP contribution >= 0.6 is 0 Å². The molecule has 0 bridgehead atoms. The van der Waals surface area contributed by atoms with Crippen LogP contribution in [0, 0.1) is 0 Å². The van der Waals surface area contributed by atoms with Gasteiger partial charge in [0.25, 0.3) is 0 Å². The van der Waals surface area contributed by atoms with Gasteiger partial charge in [0.1, 0.15) is 13.2 Å². The number of hydrogen-bond donors (Lipinski definition) is 0. The maximum atomic E-state index is 12.9. The van der Waals surface area contributed by atoms with Gasteiger partial charge in [0.05, 0.1) is 0 Å². The maximum absolute atomic E-state index is 12.9. The lowest BCUT2D eigenvalue weighted by molar-refractivity contribution is -0.167. The second-order valence-corrected chi connectivity index (χ2v) is 20.2. The topological polar surface area (TPSA) is 78.9 Å². The molecule has 6 heteroatoms. The van der Waals surface area contributed by atoms with E-state index in [-0.39, 0.29) is 31.1 Å². The van der Waals surface area contributed by atoms with E-state index in [2.05, 4.69) is 93.7 Å². The molecule has 0 unspecified atom stereocenters. The van der Waals surface area contributed by atoms with Crippen LogP contribution in [0.3, 0.4) is 0 Å². The van der Waals surface area contributed by atoms with Crippen LogP contribution in [0.4, 0.5) is 0 Å². The molecule has 0 spiro atoms. The Balaban J connectivity index is 4.40. The standard InChI is InChI=1S/C65H114O6/c1-4-7-10-13-16-19-22-25-28-31-32-35-37-40-43-46-49-52-55-58-64(67)70-61-62(71-65(68)59-56-53-50-47-44-41-38-34-30-27-24-21-18-15-12-9-6-3)60-69-63(66)57-54-51-48-45-42-39-36-33-29-26-23-20-17-14-11-8-5-2/h8,11,16-17,19-20,25-26,28-29,36,39,62H,4-7,9-10,12-15,18,21-24,27,30-35,37-38,40-61H2,1-3H3/b11-8-,19-16-,20-17-,28-25-,29-26-,39-36-/t62-/m1/s1. The van der Waals surface area contributed by atoms with E-state index in [0.29, 0.717) is 19.3 Å². The fourth-order valence-corrected chi connectivity index (χ4v) is 8.64. The number of allylic oxidation sites excluding steroid dienone is 12. The molecule has 0 N–H and O–H groups in total.